The lowest BCUT2D eigenvalue weighted by atomic mass is 10.3. The molecule has 0 bridgehead atoms. The predicted molar refractivity (Wildman–Crippen MR) is 55.1 cm³/mol. The fourth-order valence-electron chi connectivity index (χ4n) is 0.735. The van der Waals surface area contributed by atoms with Gasteiger partial charge in [-0.15, -0.1) is 6.58 Å². The first kappa shape index (κ1) is 11.6. The van der Waals surface area contributed by atoms with E-state index in [4.69, 9.17) is 9.84 Å². The van der Waals surface area contributed by atoms with Gasteiger partial charge in [-0.05, 0) is 26.0 Å². The van der Waals surface area contributed by atoms with Crippen molar-refractivity contribution in [3.05, 3.63) is 36.9 Å². The van der Waals surface area contributed by atoms with Gasteiger partial charge in [0.15, 0.2) is 11.5 Å². The summed E-state index contributed by atoms with van der Waals surface area (Å²) in [5.74, 6) is 0.745. The Hall–Kier alpha value is -1.44. The molecule has 0 unspecified atom stereocenters. The molecule has 0 aliphatic carbocycles. The first-order valence-electron chi connectivity index (χ1n) is 4.24. The van der Waals surface area contributed by atoms with Gasteiger partial charge in [0.2, 0.25) is 0 Å². The van der Waals surface area contributed by atoms with Gasteiger partial charge in [0.05, 0.1) is 6.61 Å². The Morgan fingerprint density at radius 2 is 2.00 bits per heavy atom. The number of ether oxygens (including phenoxy) is 1. The smallest absolute Gasteiger partial charge is 0.160 e. The maximum absolute atomic E-state index is 9.12. The Labute approximate surface area is 79.5 Å². The van der Waals surface area contributed by atoms with Gasteiger partial charge in [0.25, 0.3) is 0 Å². The Balaban J connectivity index is 0.000000424. The third kappa shape index (κ3) is 4.90. The minimum Gasteiger partial charge on any atom is -0.504 e. The van der Waals surface area contributed by atoms with Crippen molar-refractivity contribution in [3.8, 4) is 11.5 Å². The summed E-state index contributed by atoms with van der Waals surface area (Å²) in [6.45, 7) is 7.71. The van der Waals surface area contributed by atoms with Crippen LogP contribution in [0.1, 0.15) is 13.8 Å². The molecule has 0 saturated heterocycles. The van der Waals surface area contributed by atoms with Crippen LogP contribution >= 0.6 is 0 Å². The highest BCUT2D eigenvalue weighted by molar-refractivity contribution is 5.37. The van der Waals surface area contributed by atoms with Crippen LogP contribution in [0.3, 0.4) is 0 Å². The number of aromatic hydroxyl groups is 1. The second-order valence-corrected chi connectivity index (χ2v) is 2.31. The number of hydrogen-bond acceptors (Lipinski definition) is 2. The van der Waals surface area contributed by atoms with Crippen LogP contribution in [0.5, 0.6) is 11.5 Å². The Morgan fingerprint density at radius 1 is 1.46 bits per heavy atom. The first-order chi connectivity index (χ1) is 6.26. The maximum atomic E-state index is 9.12. The zero-order chi connectivity index (χ0) is 10.1. The molecule has 13 heavy (non-hydrogen) atoms. The summed E-state index contributed by atoms with van der Waals surface area (Å²) in [5.41, 5.74) is 0. The van der Waals surface area contributed by atoms with Crippen molar-refractivity contribution < 1.29 is 9.84 Å². The highest BCUT2D eigenvalue weighted by Gasteiger charge is 1.96. The van der Waals surface area contributed by atoms with Crippen LogP contribution < -0.4 is 4.74 Å². The van der Waals surface area contributed by atoms with Gasteiger partial charge < -0.3 is 9.84 Å². The van der Waals surface area contributed by atoms with E-state index in [1.54, 1.807) is 24.3 Å². The van der Waals surface area contributed by atoms with Crippen LogP contribution in [0, 0.1) is 0 Å². The van der Waals surface area contributed by atoms with Crippen molar-refractivity contribution in [2.24, 2.45) is 0 Å². The lowest BCUT2D eigenvalue weighted by molar-refractivity contribution is 0.318. The van der Waals surface area contributed by atoms with Crippen molar-refractivity contribution in [3.63, 3.8) is 0 Å². The van der Waals surface area contributed by atoms with Gasteiger partial charge >= 0.3 is 0 Å². The first-order valence-corrected chi connectivity index (χ1v) is 4.24. The van der Waals surface area contributed by atoms with Crippen LogP contribution in [0.15, 0.2) is 36.9 Å². The molecule has 1 N–H and O–H groups in total. The van der Waals surface area contributed by atoms with Gasteiger partial charge in [-0.25, -0.2) is 0 Å². The molecule has 1 aromatic carbocycles. The third-order valence-corrected chi connectivity index (χ3v) is 1.17. The molecule has 1 rings (SSSR count). The molecular formula is C11H16O2. The van der Waals surface area contributed by atoms with Gasteiger partial charge in [-0.1, -0.05) is 18.2 Å². The highest BCUT2D eigenvalue weighted by Crippen LogP contribution is 2.23. The molecule has 0 spiro atoms. The molecular weight excluding hydrogens is 164 g/mol. The van der Waals surface area contributed by atoms with Crippen molar-refractivity contribution in [2.75, 3.05) is 6.61 Å². The second-order valence-electron chi connectivity index (χ2n) is 2.31. The molecule has 72 valence electrons. The number of para-hydroxylation sites is 2. The van der Waals surface area contributed by atoms with Crippen LogP contribution in [0.2, 0.25) is 0 Å². The van der Waals surface area contributed by atoms with Gasteiger partial charge in [0, 0.05) is 0 Å². The fraction of sp³-hybridized carbons (Fsp3) is 0.273. The summed E-state index contributed by atoms with van der Waals surface area (Å²) in [4.78, 5) is 0. The van der Waals surface area contributed by atoms with E-state index in [1.807, 2.05) is 19.9 Å². The standard InChI is InChI=1S/C8H10O2.C3H6/c1-2-10-8-6-4-3-5-7(8)9;1-3-2/h3-6,9H,2H2,1H3;3H,1H2,2H3. The molecule has 0 aromatic heterocycles. The second kappa shape index (κ2) is 7.22. The molecule has 0 amide bonds. The average molecular weight is 180 g/mol. The summed E-state index contributed by atoms with van der Waals surface area (Å²) in [5, 5.41) is 9.12. The summed E-state index contributed by atoms with van der Waals surface area (Å²) in [6, 6.07) is 6.92. The zero-order valence-electron chi connectivity index (χ0n) is 8.16. The third-order valence-electron chi connectivity index (χ3n) is 1.17. The Morgan fingerprint density at radius 3 is 2.46 bits per heavy atom. The average Bonchev–Trinajstić information content (AvgIpc) is 2.11. The normalized spacial score (nSPS) is 8.15. The van der Waals surface area contributed by atoms with Gasteiger partial charge in [0.1, 0.15) is 0 Å². The fourth-order valence-corrected chi connectivity index (χ4v) is 0.735. The van der Waals surface area contributed by atoms with E-state index in [0.717, 1.165) is 0 Å². The number of benzene rings is 1. The van der Waals surface area contributed by atoms with E-state index < -0.39 is 0 Å². The van der Waals surface area contributed by atoms with Crippen molar-refractivity contribution in [2.45, 2.75) is 13.8 Å². The number of phenolic OH excluding ortho intramolecular Hbond substituents is 1. The lowest BCUT2D eigenvalue weighted by Crippen LogP contribution is -1.90. The molecule has 0 saturated carbocycles. The monoisotopic (exact) mass is 180 g/mol. The van der Waals surface area contributed by atoms with E-state index in [1.165, 1.54) is 0 Å². The summed E-state index contributed by atoms with van der Waals surface area (Å²) in [6.07, 6.45) is 1.75. The molecule has 0 heterocycles. The van der Waals surface area contributed by atoms with E-state index in [0.29, 0.717) is 12.4 Å². The highest BCUT2D eigenvalue weighted by atomic mass is 16.5. The lowest BCUT2D eigenvalue weighted by Gasteiger charge is -2.02. The molecule has 0 atom stereocenters. The van der Waals surface area contributed by atoms with Crippen LogP contribution in [-0.4, -0.2) is 11.7 Å². The van der Waals surface area contributed by atoms with Crippen molar-refractivity contribution in [1.82, 2.24) is 0 Å². The molecule has 2 nitrogen and oxygen atoms in total. The molecule has 0 radical (unpaired) electrons. The zero-order valence-corrected chi connectivity index (χ0v) is 8.16. The Bertz CT molecular complexity index is 244. The number of hydrogen-bond donors (Lipinski definition) is 1. The topological polar surface area (TPSA) is 29.5 Å². The van der Waals surface area contributed by atoms with Gasteiger partial charge in [-0.2, -0.15) is 0 Å². The van der Waals surface area contributed by atoms with Gasteiger partial charge in [-0.3, -0.25) is 0 Å². The largest absolute Gasteiger partial charge is 0.504 e. The van der Waals surface area contributed by atoms with Crippen molar-refractivity contribution >= 4 is 0 Å². The molecule has 0 aliphatic rings. The minimum atomic E-state index is 0.198. The summed E-state index contributed by atoms with van der Waals surface area (Å²) in [7, 11) is 0. The van der Waals surface area contributed by atoms with E-state index in [2.05, 4.69) is 6.58 Å². The summed E-state index contributed by atoms with van der Waals surface area (Å²) < 4.78 is 5.09. The van der Waals surface area contributed by atoms with Crippen LogP contribution in [0.4, 0.5) is 0 Å². The quantitative estimate of drug-likeness (QED) is 0.709. The van der Waals surface area contributed by atoms with Crippen molar-refractivity contribution in [1.29, 1.82) is 0 Å². The number of allylic oxidation sites excluding steroid dienone is 1. The Kier molecular flexibility index (Phi) is 6.42. The van der Waals surface area contributed by atoms with Crippen LogP contribution in [-0.2, 0) is 0 Å². The molecule has 0 fully saturated rings. The number of rotatable bonds is 2. The molecule has 1 aromatic rings. The molecule has 0 aliphatic heterocycles. The van der Waals surface area contributed by atoms with Crippen LogP contribution in [0.25, 0.3) is 0 Å². The number of phenols is 1. The van der Waals surface area contributed by atoms with E-state index in [-0.39, 0.29) is 5.75 Å². The van der Waals surface area contributed by atoms with E-state index in [9.17, 15) is 0 Å². The molecule has 2 heteroatoms. The summed E-state index contributed by atoms with van der Waals surface area (Å²) >= 11 is 0. The predicted octanol–water partition coefficient (Wildman–Crippen LogP) is 2.98. The maximum Gasteiger partial charge on any atom is 0.160 e. The SMILES string of the molecule is C=CC.CCOc1ccccc1O. The minimum absolute atomic E-state index is 0.198. The van der Waals surface area contributed by atoms with E-state index >= 15 is 0 Å².